The predicted octanol–water partition coefficient (Wildman–Crippen LogP) is 3.26. The Morgan fingerprint density at radius 2 is 2.23 bits per heavy atom. The SMILES string of the molecule is CCCOCc1[c-]cccc1.[Zn+][Br]. The summed E-state index contributed by atoms with van der Waals surface area (Å²) >= 11 is 4.25. The van der Waals surface area contributed by atoms with E-state index in [2.05, 4.69) is 26.6 Å². The van der Waals surface area contributed by atoms with Gasteiger partial charge in [-0.2, -0.15) is 30.3 Å². The van der Waals surface area contributed by atoms with Crippen molar-refractivity contribution in [3.63, 3.8) is 0 Å². The van der Waals surface area contributed by atoms with E-state index in [1.807, 2.05) is 24.3 Å². The molecule has 0 saturated heterocycles. The molecular formula is C10H13BrOZn. The zero-order valence-electron chi connectivity index (χ0n) is 7.92. The van der Waals surface area contributed by atoms with Gasteiger partial charge in [-0.1, -0.05) is 6.92 Å². The van der Waals surface area contributed by atoms with Crippen LogP contribution in [-0.2, 0) is 27.7 Å². The number of benzene rings is 1. The van der Waals surface area contributed by atoms with Crippen LogP contribution in [0, 0.1) is 6.07 Å². The van der Waals surface area contributed by atoms with Gasteiger partial charge in [-0.3, -0.25) is 0 Å². The maximum atomic E-state index is 5.34. The first-order chi connectivity index (χ1) is 6.43. The molecule has 0 aliphatic carbocycles. The predicted molar refractivity (Wildman–Crippen MR) is 54.2 cm³/mol. The first-order valence-corrected chi connectivity index (χ1v) is 11.2. The van der Waals surface area contributed by atoms with Crippen LogP contribution in [0.15, 0.2) is 24.3 Å². The Labute approximate surface area is 96.9 Å². The van der Waals surface area contributed by atoms with Gasteiger partial charge < -0.3 is 4.74 Å². The van der Waals surface area contributed by atoms with E-state index in [0.717, 1.165) is 18.6 Å². The van der Waals surface area contributed by atoms with Crippen molar-refractivity contribution in [2.24, 2.45) is 0 Å². The van der Waals surface area contributed by atoms with Crippen molar-refractivity contribution in [1.82, 2.24) is 0 Å². The first-order valence-electron chi connectivity index (χ1n) is 4.23. The van der Waals surface area contributed by atoms with E-state index in [-0.39, 0.29) is 0 Å². The standard InChI is InChI=1S/C10H13O.BrH.Zn/c1-2-8-11-9-10-6-4-3-5-7-10;;/h3-6H,2,8-9H2,1H3;1H;/q-1;;+2/p-1. The number of rotatable bonds is 4. The summed E-state index contributed by atoms with van der Waals surface area (Å²) in [6.45, 7) is 3.63. The molecule has 0 unspecified atom stereocenters. The van der Waals surface area contributed by atoms with E-state index in [1.165, 1.54) is 16.3 Å². The quantitative estimate of drug-likeness (QED) is 0.470. The molecule has 13 heavy (non-hydrogen) atoms. The van der Waals surface area contributed by atoms with Crippen LogP contribution in [-0.4, -0.2) is 6.61 Å². The number of halogens is 1. The molecule has 0 aliphatic rings. The Balaban J connectivity index is 0.000000671. The average molecular weight is 295 g/mol. The second kappa shape index (κ2) is 10.4. The van der Waals surface area contributed by atoms with Gasteiger partial charge in [-0.05, 0) is 6.42 Å². The third kappa shape index (κ3) is 7.36. The maximum absolute atomic E-state index is 5.34. The molecule has 0 spiro atoms. The van der Waals surface area contributed by atoms with Crippen molar-refractivity contribution in [3.8, 4) is 0 Å². The molecule has 1 aromatic rings. The van der Waals surface area contributed by atoms with Crippen molar-refractivity contribution in [3.05, 3.63) is 35.9 Å². The fourth-order valence-electron chi connectivity index (χ4n) is 0.847. The second-order valence-corrected chi connectivity index (χ2v) is 2.44. The molecule has 0 saturated carbocycles. The summed E-state index contributed by atoms with van der Waals surface area (Å²) in [5, 5.41) is 0. The fraction of sp³-hybridized carbons (Fsp3) is 0.400. The van der Waals surface area contributed by atoms with Crippen molar-refractivity contribution < 1.29 is 21.1 Å². The Kier molecular flexibility index (Phi) is 10.6. The molecule has 3 heteroatoms. The molecule has 0 heterocycles. The molecular weight excluding hydrogens is 281 g/mol. The van der Waals surface area contributed by atoms with E-state index < -0.39 is 0 Å². The first kappa shape index (κ1) is 13.3. The number of ether oxygens (including phenoxy) is 1. The fourth-order valence-corrected chi connectivity index (χ4v) is 0.847. The minimum absolute atomic E-state index is 0.689. The van der Waals surface area contributed by atoms with E-state index in [1.54, 1.807) is 0 Å². The van der Waals surface area contributed by atoms with Gasteiger partial charge in [0.15, 0.2) is 0 Å². The summed E-state index contributed by atoms with van der Waals surface area (Å²) in [4.78, 5) is 0. The van der Waals surface area contributed by atoms with Crippen molar-refractivity contribution in [1.29, 1.82) is 0 Å². The number of hydrogen-bond acceptors (Lipinski definition) is 1. The molecule has 0 fully saturated rings. The van der Waals surface area contributed by atoms with Crippen LogP contribution in [0.2, 0.25) is 0 Å². The molecule has 1 aromatic carbocycles. The Bertz CT molecular complexity index is 191. The van der Waals surface area contributed by atoms with Crippen molar-refractivity contribution in [2.75, 3.05) is 6.61 Å². The molecule has 0 bridgehead atoms. The van der Waals surface area contributed by atoms with E-state index in [0.29, 0.717) is 6.61 Å². The average Bonchev–Trinajstić information content (AvgIpc) is 2.23. The van der Waals surface area contributed by atoms with E-state index in [4.69, 9.17) is 4.74 Å². The Morgan fingerprint density at radius 3 is 2.77 bits per heavy atom. The zero-order chi connectivity index (χ0) is 9.94. The molecule has 1 rings (SSSR count). The van der Waals surface area contributed by atoms with Crippen molar-refractivity contribution in [2.45, 2.75) is 20.0 Å². The molecule has 0 aliphatic heterocycles. The topological polar surface area (TPSA) is 9.23 Å². The van der Waals surface area contributed by atoms with Gasteiger partial charge in [-0.15, -0.1) is 5.56 Å². The Morgan fingerprint density at radius 1 is 1.46 bits per heavy atom. The third-order valence-electron chi connectivity index (χ3n) is 1.38. The Hall–Kier alpha value is 0.283. The molecule has 1 nitrogen and oxygen atoms in total. The van der Waals surface area contributed by atoms with Crippen LogP contribution in [0.1, 0.15) is 18.9 Å². The van der Waals surface area contributed by atoms with E-state index >= 15 is 0 Å². The van der Waals surface area contributed by atoms with Gasteiger partial charge in [0, 0.05) is 13.2 Å². The monoisotopic (exact) mass is 292 g/mol. The van der Waals surface area contributed by atoms with Crippen LogP contribution < -0.4 is 0 Å². The van der Waals surface area contributed by atoms with E-state index in [9.17, 15) is 0 Å². The summed E-state index contributed by atoms with van der Waals surface area (Å²) < 4.78 is 5.34. The van der Waals surface area contributed by atoms with Gasteiger partial charge in [-0.25, -0.2) is 0 Å². The zero-order valence-corrected chi connectivity index (χ0v) is 12.5. The van der Waals surface area contributed by atoms with Gasteiger partial charge >= 0.3 is 30.0 Å². The minimum atomic E-state index is 0.689. The van der Waals surface area contributed by atoms with Crippen LogP contribution in [0.3, 0.4) is 0 Å². The summed E-state index contributed by atoms with van der Waals surface area (Å²) in [6.07, 6.45) is 1.08. The van der Waals surface area contributed by atoms with Gasteiger partial charge in [0.25, 0.3) is 0 Å². The summed E-state index contributed by atoms with van der Waals surface area (Å²) in [5.41, 5.74) is 1.13. The molecule has 0 amide bonds. The second-order valence-electron chi connectivity index (χ2n) is 2.44. The molecule has 0 radical (unpaired) electrons. The molecule has 0 aromatic heterocycles. The molecule has 68 valence electrons. The van der Waals surface area contributed by atoms with Crippen LogP contribution in [0.5, 0.6) is 0 Å². The van der Waals surface area contributed by atoms with Crippen LogP contribution in [0.25, 0.3) is 0 Å². The molecule has 0 N–H and O–H groups in total. The van der Waals surface area contributed by atoms with Gasteiger partial charge in [0.1, 0.15) is 0 Å². The van der Waals surface area contributed by atoms with Gasteiger partial charge in [0.05, 0.1) is 0 Å². The number of hydrogen-bond donors (Lipinski definition) is 0. The molecule has 0 atom stereocenters. The summed E-state index contributed by atoms with van der Waals surface area (Å²) in [6, 6.07) is 11.0. The van der Waals surface area contributed by atoms with Crippen molar-refractivity contribution >= 4 is 13.6 Å². The summed E-state index contributed by atoms with van der Waals surface area (Å²) in [7, 11) is 0. The normalized spacial score (nSPS) is 8.92. The van der Waals surface area contributed by atoms with Gasteiger partial charge in [0.2, 0.25) is 0 Å². The third-order valence-corrected chi connectivity index (χ3v) is 1.38. The van der Waals surface area contributed by atoms with Crippen LogP contribution in [0.4, 0.5) is 0 Å². The van der Waals surface area contributed by atoms with Crippen LogP contribution >= 0.6 is 13.6 Å². The summed E-state index contributed by atoms with van der Waals surface area (Å²) in [5.74, 6) is 0.